The predicted molar refractivity (Wildman–Crippen MR) is 111 cm³/mol. The number of hydroxylamine groups is 1. The largest absolute Gasteiger partial charge is 0.381 e. The Morgan fingerprint density at radius 3 is 2.81 bits per heavy atom. The van der Waals surface area contributed by atoms with E-state index in [1.54, 1.807) is 33.0 Å². The van der Waals surface area contributed by atoms with E-state index in [0.717, 1.165) is 18.6 Å². The molecule has 10 heteroatoms. The number of carbonyl (C=O) groups is 1. The van der Waals surface area contributed by atoms with Crippen LogP contribution in [-0.2, 0) is 4.84 Å². The summed E-state index contributed by atoms with van der Waals surface area (Å²) in [5.41, 5.74) is 8.35. The van der Waals surface area contributed by atoms with E-state index in [1.807, 2.05) is 4.90 Å². The molecule has 1 unspecified atom stereocenters. The van der Waals surface area contributed by atoms with Gasteiger partial charge in [0.1, 0.15) is 23.0 Å². The third-order valence-electron chi connectivity index (χ3n) is 5.04. The minimum absolute atomic E-state index is 0.00815. The molecule has 1 aromatic carbocycles. The fraction of sp³-hybridized carbons (Fsp3) is 0.381. The summed E-state index contributed by atoms with van der Waals surface area (Å²) >= 11 is 0. The molecule has 164 valence electrons. The Hall–Kier alpha value is -3.27. The first-order valence-corrected chi connectivity index (χ1v) is 9.99. The van der Waals surface area contributed by atoms with Gasteiger partial charge in [-0.3, -0.25) is 9.63 Å². The fourth-order valence-electron chi connectivity index (χ4n) is 3.70. The number of nitrogens with zero attached hydrogens (tertiary/aromatic N) is 4. The molecule has 0 spiro atoms. The Bertz CT molecular complexity index is 1140. The molecule has 0 radical (unpaired) electrons. The van der Waals surface area contributed by atoms with Crippen molar-refractivity contribution in [1.82, 2.24) is 20.1 Å². The lowest BCUT2D eigenvalue weighted by Crippen LogP contribution is -2.34. The lowest BCUT2D eigenvalue weighted by Gasteiger charge is -2.26. The number of benzene rings is 1. The van der Waals surface area contributed by atoms with Crippen LogP contribution in [0.3, 0.4) is 0 Å². The molecule has 1 amide bonds. The first kappa shape index (κ1) is 21.0. The summed E-state index contributed by atoms with van der Waals surface area (Å²) in [4.78, 5) is 24.5. The summed E-state index contributed by atoms with van der Waals surface area (Å²) in [6.45, 7) is 5.99. The molecule has 3 heterocycles. The molecule has 0 bridgehead atoms. The summed E-state index contributed by atoms with van der Waals surface area (Å²) in [5, 5.41) is 4.14. The highest BCUT2D eigenvalue weighted by Crippen LogP contribution is 2.37. The van der Waals surface area contributed by atoms with Crippen LogP contribution < -0.4 is 16.1 Å². The van der Waals surface area contributed by atoms with Crippen molar-refractivity contribution in [2.75, 3.05) is 17.2 Å². The van der Waals surface area contributed by atoms with Gasteiger partial charge in [0.25, 0.3) is 5.91 Å². The monoisotopic (exact) mass is 430 g/mol. The first-order valence-electron chi connectivity index (χ1n) is 9.99. The molecular formula is C21H24F2N6O2. The van der Waals surface area contributed by atoms with Crippen molar-refractivity contribution in [1.29, 1.82) is 0 Å². The van der Waals surface area contributed by atoms with Gasteiger partial charge in [-0.25, -0.2) is 23.8 Å². The van der Waals surface area contributed by atoms with Gasteiger partial charge < -0.3 is 10.6 Å². The van der Waals surface area contributed by atoms with E-state index in [1.165, 1.54) is 10.6 Å². The van der Waals surface area contributed by atoms with Crippen molar-refractivity contribution in [3.63, 3.8) is 0 Å². The van der Waals surface area contributed by atoms with E-state index in [4.69, 9.17) is 10.6 Å². The SMILES string of the molecule is CC(C)(C)ONC(=O)c1c(N)nn2ccc(N3CCCC3c3cc(F)ccc3F)nc12. The van der Waals surface area contributed by atoms with Crippen molar-refractivity contribution < 1.29 is 18.4 Å². The summed E-state index contributed by atoms with van der Waals surface area (Å²) in [7, 11) is 0. The third-order valence-corrected chi connectivity index (χ3v) is 5.04. The maximum Gasteiger partial charge on any atom is 0.282 e. The number of amides is 1. The zero-order chi connectivity index (χ0) is 22.3. The van der Waals surface area contributed by atoms with Crippen LogP contribution in [0.15, 0.2) is 30.5 Å². The lowest BCUT2D eigenvalue weighted by molar-refractivity contribution is -0.0588. The smallest absolute Gasteiger partial charge is 0.282 e. The number of carbonyl (C=O) groups excluding carboxylic acids is 1. The molecule has 0 saturated carbocycles. The molecule has 0 aliphatic carbocycles. The molecule has 2 aromatic heterocycles. The minimum Gasteiger partial charge on any atom is -0.381 e. The van der Waals surface area contributed by atoms with Crippen molar-refractivity contribution >= 4 is 23.2 Å². The predicted octanol–water partition coefficient (Wildman–Crippen LogP) is 3.39. The van der Waals surface area contributed by atoms with Gasteiger partial charge in [-0.2, -0.15) is 0 Å². The average Bonchev–Trinajstić information content (AvgIpc) is 3.30. The normalized spacial score (nSPS) is 16.8. The number of anilines is 2. The number of hydrogen-bond acceptors (Lipinski definition) is 6. The van der Waals surface area contributed by atoms with E-state index in [9.17, 15) is 13.6 Å². The van der Waals surface area contributed by atoms with Gasteiger partial charge in [-0.15, -0.1) is 5.10 Å². The van der Waals surface area contributed by atoms with Crippen LogP contribution in [-0.4, -0.2) is 32.7 Å². The van der Waals surface area contributed by atoms with E-state index in [-0.39, 0.29) is 28.6 Å². The Morgan fingerprint density at radius 1 is 1.29 bits per heavy atom. The van der Waals surface area contributed by atoms with Crippen LogP contribution in [0.25, 0.3) is 5.65 Å². The minimum atomic E-state index is -0.593. The Morgan fingerprint density at radius 2 is 2.06 bits per heavy atom. The second-order valence-corrected chi connectivity index (χ2v) is 8.48. The molecule has 1 atom stereocenters. The Labute approximate surface area is 178 Å². The molecule has 31 heavy (non-hydrogen) atoms. The number of nitrogens with one attached hydrogen (secondary N) is 1. The van der Waals surface area contributed by atoms with Crippen molar-refractivity contribution in [2.24, 2.45) is 0 Å². The molecule has 1 fully saturated rings. The highest BCUT2D eigenvalue weighted by Gasteiger charge is 2.30. The topological polar surface area (TPSA) is 97.8 Å². The lowest BCUT2D eigenvalue weighted by atomic mass is 10.0. The quantitative estimate of drug-likeness (QED) is 0.616. The second kappa shape index (κ2) is 7.77. The van der Waals surface area contributed by atoms with Gasteiger partial charge in [0, 0.05) is 18.3 Å². The number of rotatable bonds is 4. The van der Waals surface area contributed by atoms with E-state index < -0.39 is 23.1 Å². The third kappa shape index (κ3) is 4.15. The maximum absolute atomic E-state index is 14.4. The van der Waals surface area contributed by atoms with Crippen LogP contribution in [0, 0.1) is 11.6 Å². The molecular weight excluding hydrogens is 406 g/mol. The zero-order valence-corrected chi connectivity index (χ0v) is 17.5. The Kier molecular flexibility index (Phi) is 5.26. The van der Waals surface area contributed by atoms with Crippen molar-refractivity contribution in [3.8, 4) is 0 Å². The number of hydrogen-bond donors (Lipinski definition) is 2. The van der Waals surface area contributed by atoms with Gasteiger partial charge in [-0.1, -0.05) is 0 Å². The van der Waals surface area contributed by atoms with Gasteiger partial charge in [0.05, 0.1) is 11.6 Å². The molecule has 1 aliphatic heterocycles. The first-order chi connectivity index (χ1) is 14.6. The van der Waals surface area contributed by atoms with Gasteiger partial charge >= 0.3 is 0 Å². The van der Waals surface area contributed by atoms with Gasteiger partial charge in [-0.05, 0) is 57.9 Å². The van der Waals surface area contributed by atoms with Crippen LogP contribution in [0.5, 0.6) is 0 Å². The summed E-state index contributed by atoms with van der Waals surface area (Å²) in [6.07, 6.45) is 3.08. The standard InChI is InChI=1S/C21H24F2N6O2/c1-21(2,3)31-27-20(30)17-18(24)26-29-10-8-16(25-19(17)29)28-9-4-5-15(28)13-11-12(22)6-7-14(13)23/h6-8,10-11,15H,4-5,9H2,1-3H3,(H2,24,26)(H,27,30). The van der Waals surface area contributed by atoms with Crippen LogP contribution >= 0.6 is 0 Å². The number of aromatic nitrogens is 3. The van der Waals surface area contributed by atoms with Crippen molar-refractivity contribution in [3.05, 3.63) is 53.2 Å². The summed E-state index contributed by atoms with van der Waals surface area (Å²) < 4.78 is 29.6. The number of halogens is 2. The molecule has 1 saturated heterocycles. The molecule has 3 aromatic rings. The number of nitrogen functional groups attached to an aromatic ring is 1. The van der Waals surface area contributed by atoms with E-state index in [2.05, 4.69) is 15.6 Å². The van der Waals surface area contributed by atoms with Crippen LogP contribution in [0.1, 0.15) is 55.6 Å². The summed E-state index contributed by atoms with van der Waals surface area (Å²) in [5.74, 6) is -1.00. The molecule has 3 N–H and O–H groups in total. The number of nitrogens with two attached hydrogens (primary N) is 1. The summed E-state index contributed by atoms with van der Waals surface area (Å²) in [6, 6.07) is 4.79. The average molecular weight is 430 g/mol. The highest BCUT2D eigenvalue weighted by atomic mass is 19.1. The maximum atomic E-state index is 14.4. The Balaban J connectivity index is 1.70. The van der Waals surface area contributed by atoms with E-state index >= 15 is 0 Å². The molecule has 4 rings (SSSR count). The second-order valence-electron chi connectivity index (χ2n) is 8.48. The molecule has 1 aliphatic rings. The zero-order valence-electron chi connectivity index (χ0n) is 17.5. The molecule has 8 nitrogen and oxygen atoms in total. The van der Waals surface area contributed by atoms with Gasteiger partial charge in [0.15, 0.2) is 11.5 Å². The van der Waals surface area contributed by atoms with Crippen LogP contribution in [0.2, 0.25) is 0 Å². The van der Waals surface area contributed by atoms with E-state index in [0.29, 0.717) is 18.8 Å². The fourth-order valence-corrected chi connectivity index (χ4v) is 3.70. The highest BCUT2D eigenvalue weighted by molar-refractivity contribution is 6.03. The van der Waals surface area contributed by atoms with Crippen LogP contribution in [0.4, 0.5) is 20.4 Å². The number of fused-ring (bicyclic) bond motifs is 1. The van der Waals surface area contributed by atoms with Gasteiger partial charge in [0.2, 0.25) is 0 Å². The van der Waals surface area contributed by atoms with Crippen molar-refractivity contribution in [2.45, 2.75) is 45.3 Å².